The molecule has 10 nitrogen and oxygen atoms in total. The van der Waals surface area contributed by atoms with Crippen LogP contribution < -0.4 is 10.7 Å². The molecular formula is C23H18N6O4S. The SMILES string of the molecule is CC1=NN(c2nc(-c3cccc([N+](=O)[O-])c3)cs2)C(=O)C1C(c1ccccc1)C(C#N)C(N)=O. The summed E-state index contributed by atoms with van der Waals surface area (Å²) in [5.74, 6) is -4.20. The fraction of sp³-hybridized carbons (Fsp3) is 0.174. The van der Waals surface area contributed by atoms with Crippen LogP contribution in [0, 0.1) is 33.3 Å². The van der Waals surface area contributed by atoms with E-state index in [-0.39, 0.29) is 10.8 Å². The lowest BCUT2D eigenvalue weighted by Crippen LogP contribution is -2.38. The van der Waals surface area contributed by atoms with Crippen LogP contribution in [0.15, 0.2) is 65.1 Å². The fourth-order valence-corrected chi connectivity index (χ4v) is 4.76. The number of nitrogens with two attached hydrogens (primary N) is 1. The van der Waals surface area contributed by atoms with Crippen LogP contribution in [0.2, 0.25) is 0 Å². The lowest BCUT2D eigenvalue weighted by Gasteiger charge is -2.25. The number of thiazole rings is 1. The zero-order valence-corrected chi connectivity index (χ0v) is 18.7. The second-order valence-corrected chi connectivity index (χ2v) is 8.47. The minimum Gasteiger partial charge on any atom is -0.369 e. The van der Waals surface area contributed by atoms with Crippen molar-refractivity contribution in [1.29, 1.82) is 5.26 Å². The average Bonchev–Trinajstić information content (AvgIpc) is 3.42. The van der Waals surface area contributed by atoms with Gasteiger partial charge in [0.15, 0.2) is 0 Å². The topological polar surface area (TPSA) is 156 Å². The van der Waals surface area contributed by atoms with Crippen LogP contribution in [0.25, 0.3) is 11.3 Å². The molecule has 0 spiro atoms. The summed E-state index contributed by atoms with van der Waals surface area (Å²) in [4.78, 5) is 40.6. The van der Waals surface area contributed by atoms with Crippen LogP contribution in [0.5, 0.6) is 0 Å². The summed E-state index contributed by atoms with van der Waals surface area (Å²) < 4.78 is 0. The van der Waals surface area contributed by atoms with E-state index in [0.717, 1.165) is 16.3 Å². The number of aromatic nitrogens is 1. The highest BCUT2D eigenvalue weighted by atomic mass is 32.1. The lowest BCUT2D eigenvalue weighted by atomic mass is 9.75. The number of nitriles is 1. The second kappa shape index (κ2) is 9.21. The van der Waals surface area contributed by atoms with Crippen molar-refractivity contribution >= 4 is 39.7 Å². The predicted octanol–water partition coefficient (Wildman–Crippen LogP) is 3.47. The number of hydrogen-bond donors (Lipinski definition) is 1. The molecule has 11 heteroatoms. The first-order chi connectivity index (χ1) is 16.3. The zero-order valence-electron chi connectivity index (χ0n) is 17.9. The monoisotopic (exact) mass is 474 g/mol. The van der Waals surface area contributed by atoms with Crippen LogP contribution >= 0.6 is 11.3 Å². The van der Waals surface area contributed by atoms with Gasteiger partial charge in [-0.25, -0.2) is 4.98 Å². The quantitative estimate of drug-likeness (QED) is 0.408. The Kier molecular flexibility index (Phi) is 6.16. The first-order valence-electron chi connectivity index (χ1n) is 10.1. The molecule has 3 aromatic rings. The van der Waals surface area contributed by atoms with Crippen molar-refractivity contribution in [3.05, 3.63) is 75.7 Å². The van der Waals surface area contributed by atoms with Gasteiger partial charge in [-0.2, -0.15) is 15.4 Å². The molecule has 2 amide bonds. The number of hydrogen-bond acceptors (Lipinski definition) is 8. The number of nitro groups is 1. The maximum atomic E-state index is 13.5. The fourth-order valence-electron chi connectivity index (χ4n) is 3.98. The Balaban J connectivity index is 1.68. The molecule has 1 aliphatic heterocycles. The van der Waals surface area contributed by atoms with Gasteiger partial charge >= 0.3 is 0 Å². The Hall–Kier alpha value is -4.43. The number of nitrogens with zero attached hydrogens (tertiary/aromatic N) is 5. The average molecular weight is 475 g/mol. The summed E-state index contributed by atoms with van der Waals surface area (Å²) in [5.41, 5.74) is 7.47. The van der Waals surface area contributed by atoms with Crippen molar-refractivity contribution in [1.82, 2.24) is 4.98 Å². The van der Waals surface area contributed by atoms with Gasteiger partial charge in [-0.1, -0.05) is 42.5 Å². The molecule has 1 aromatic heterocycles. The molecule has 2 heterocycles. The standard InChI is InChI=1S/C23H18N6O4S/c1-13-19(20(17(11-24)21(25)30)14-6-3-2-4-7-14)22(31)28(27-13)23-26-18(12-34-23)15-8-5-9-16(10-15)29(32)33/h2-10,12,17,19-20H,1H3,(H2,25,30). The summed E-state index contributed by atoms with van der Waals surface area (Å²) in [6.07, 6.45) is 0. The van der Waals surface area contributed by atoms with Crippen LogP contribution in [-0.2, 0) is 9.59 Å². The van der Waals surface area contributed by atoms with E-state index in [0.29, 0.717) is 22.5 Å². The Labute approximate surface area is 198 Å². The normalized spacial score (nSPS) is 17.1. The maximum absolute atomic E-state index is 13.5. The predicted molar refractivity (Wildman–Crippen MR) is 126 cm³/mol. The molecule has 3 unspecified atom stereocenters. The molecule has 3 atom stereocenters. The third-order valence-corrected chi connectivity index (χ3v) is 6.37. The number of rotatable bonds is 7. The molecule has 0 saturated carbocycles. The van der Waals surface area contributed by atoms with Crippen LogP contribution in [0.1, 0.15) is 18.4 Å². The van der Waals surface area contributed by atoms with E-state index >= 15 is 0 Å². The Bertz CT molecular complexity index is 1350. The van der Waals surface area contributed by atoms with Crippen LogP contribution in [0.3, 0.4) is 0 Å². The Morgan fingerprint density at radius 2 is 2.00 bits per heavy atom. The minimum atomic E-state index is -1.24. The summed E-state index contributed by atoms with van der Waals surface area (Å²) in [5, 5.41) is 28.2. The Morgan fingerprint density at radius 3 is 2.65 bits per heavy atom. The molecule has 0 aliphatic carbocycles. The van der Waals surface area contributed by atoms with E-state index in [4.69, 9.17) is 5.73 Å². The van der Waals surface area contributed by atoms with Crippen molar-refractivity contribution in [2.75, 3.05) is 5.01 Å². The number of non-ortho nitro benzene ring substituents is 1. The first-order valence-corrected chi connectivity index (χ1v) is 11.0. The molecule has 0 fully saturated rings. The number of benzene rings is 2. The second-order valence-electron chi connectivity index (χ2n) is 7.64. The van der Waals surface area contributed by atoms with Gasteiger partial charge in [0.25, 0.3) is 11.6 Å². The molecular weight excluding hydrogens is 456 g/mol. The number of anilines is 1. The van der Waals surface area contributed by atoms with Gasteiger partial charge in [-0.15, -0.1) is 11.3 Å². The number of amides is 2. The lowest BCUT2D eigenvalue weighted by molar-refractivity contribution is -0.384. The molecule has 170 valence electrons. The number of carbonyl (C=O) groups is 2. The number of hydrazone groups is 1. The van der Waals surface area contributed by atoms with Gasteiger partial charge in [0.2, 0.25) is 11.0 Å². The third kappa shape index (κ3) is 4.14. The molecule has 4 rings (SSSR count). The van der Waals surface area contributed by atoms with Gasteiger partial charge in [-0.05, 0) is 12.5 Å². The highest BCUT2D eigenvalue weighted by molar-refractivity contribution is 7.14. The molecule has 34 heavy (non-hydrogen) atoms. The third-order valence-electron chi connectivity index (χ3n) is 5.56. The number of nitro benzene ring substituents is 1. The minimum absolute atomic E-state index is 0.0714. The van der Waals surface area contributed by atoms with E-state index in [1.165, 1.54) is 12.1 Å². The first kappa shape index (κ1) is 22.8. The van der Waals surface area contributed by atoms with Crippen molar-refractivity contribution in [3.8, 4) is 17.3 Å². The largest absolute Gasteiger partial charge is 0.369 e. The van der Waals surface area contributed by atoms with Gasteiger partial charge in [0.05, 0.1) is 22.6 Å². The van der Waals surface area contributed by atoms with E-state index in [9.17, 15) is 25.0 Å². The van der Waals surface area contributed by atoms with E-state index < -0.39 is 34.5 Å². The summed E-state index contributed by atoms with van der Waals surface area (Å²) in [7, 11) is 0. The highest BCUT2D eigenvalue weighted by Gasteiger charge is 2.46. The summed E-state index contributed by atoms with van der Waals surface area (Å²) >= 11 is 1.15. The van der Waals surface area contributed by atoms with Gasteiger partial charge in [-0.3, -0.25) is 19.7 Å². The van der Waals surface area contributed by atoms with Crippen molar-refractivity contribution < 1.29 is 14.5 Å². The molecule has 0 bridgehead atoms. The zero-order chi connectivity index (χ0) is 24.4. The molecule has 0 radical (unpaired) electrons. The van der Waals surface area contributed by atoms with Crippen LogP contribution in [0.4, 0.5) is 10.8 Å². The summed E-state index contributed by atoms with van der Waals surface area (Å²) in [6, 6.07) is 16.8. The Morgan fingerprint density at radius 1 is 1.26 bits per heavy atom. The van der Waals surface area contributed by atoms with Crippen molar-refractivity contribution in [2.24, 2.45) is 22.7 Å². The number of carbonyl (C=O) groups excluding carboxylic acids is 2. The highest BCUT2D eigenvalue weighted by Crippen LogP contribution is 2.40. The molecule has 0 saturated heterocycles. The van der Waals surface area contributed by atoms with Crippen LogP contribution in [-0.4, -0.2) is 27.4 Å². The van der Waals surface area contributed by atoms with E-state index in [2.05, 4.69) is 10.1 Å². The van der Waals surface area contributed by atoms with Gasteiger partial charge < -0.3 is 5.73 Å². The van der Waals surface area contributed by atoms with Gasteiger partial charge in [0, 0.05) is 34.7 Å². The van der Waals surface area contributed by atoms with E-state index in [1.807, 2.05) is 6.07 Å². The summed E-state index contributed by atoms with van der Waals surface area (Å²) in [6.45, 7) is 1.66. The smallest absolute Gasteiger partial charge is 0.270 e. The van der Waals surface area contributed by atoms with Gasteiger partial charge in [0.1, 0.15) is 5.92 Å². The molecule has 2 N–H and O–H groups in total. The molecule has 2 aromatic carbocycles. The van der Waals surface area contributed by atoms with Crippen molar-refractivity contribution in [2.45, 2.75) is 12.8 Å². The molecule has 1 aliphatic rings. The maximum Gasteiger partial charge on any atom is 0.270 e. The van der Waals surface area contributed by atoms with Crippen molar-refractivity contribution in [3.63, 3.8) is 0 Å². The van der Waals surface area contributed by atoms with E-state index in [1.54, 1.807) is 54.8 Å². The number of primary amides is 1.